The van der Waals surface area contributed by atoms with E-state index in [1.165, 1.54) is 11.1 Å². The number of hydrazone groups is 1. The summed E-state index contributed by atoms with van der Waals surface area (Å²) in [5, 5.41) is 18.4. The summed E-state index contributed by atoms with van der Waals surface area (Å²) in [6.45, 7) is 6.24. The van der Waals surface area contributed by atoms with Gasteiger partial charge in [-0.2, -0.15) is 10.4 Å². The van der Waals surface area contributed by atoms with Gasteiger partial charge in [0.15, 0.2) is 0 Å². The smallest absolute Gasteiger partial charge is 0.236 e. The number of nitrogens with one attached hydrogen (secondary N) is 2. The highest BCUT2D eigenvalue weighted by molar-refractivity contribution is 8.14. The first-order valence-electron chi connectivity index (χ1n) is 12.8. The molecule has 1 fully saturated rings. The number of benzene rings is 1. The Morgan fingerprint density at radius 2 is 2.16 bits per heavy atom. The van der Waals surface area contributed by atoms with E-state index in [0.29, 0.717) is 17.9 Å². The van der Waals surface area contributed by atoms with E-state index in [1.807, 2.05) is 18.7 Å². The van der Waals surface area contributed by atoms with Crippen LogP contribution in [0.15, 0.2) is 46.6 Å². The molecule has 2 aliphatic rings. The third-order valence-electron chi connectivity index (χ3n) is 6.39. The van der Waals surface area contributed by atoms with Gasteiger partial charge in [0.2, 0.25) is 5.91 Å². The number of carbonyl (C=O) groups excluding carboxylic acids is 1. The van der Waals surface area contributed by atoms with E-state index in [0.717, 1.165) is 55.0 Å². The minimum atomic E-state index is 0.0392. The zero-order valence-electron chi connectivity index (χ0n) is 22.0. The van der Waals surface area contributed by atoms with Crippen molar-refractivity contribution >= 4 is 22.7 Å². The zero-order valence-corrected chi connectivity index (χ0v) is 22.9. The summed E-state index contributed by atoms with van der Waals surface area (Å²) in [4.78, 5) is 14.5. The maximum atomic E-state index is 12.5. The number of rotatable bonds is 11. The summed E-state index contributed by atoms with van der Waals surface area (Å²) in [6.07, 6.45) is 13.2. The number of carbonyl (C=O) groups is 1. The van der Waals surface area contributed by atoms with Gasteiger partial charge in [-0.05, 0) is 68.4 Å². The Kier molecular flexibility index (Phi) is 11.3. The Labute approximate surface area is 225 Å². The number of thioether (sulfide) groups is 1. The second kappa shape index (κ2) is 14.6. The van der Waals surface area contributed by atoms with Crippen LogP contribution < -0.4 is 10.7 Å². The summed E-state index contributed by atoms with van der Waals surface area (Å²) in [7, 11) is 1.78. The van der Waals surface area contributed by atoms with Crippen molar-refractivity contribution in [2.45, 2.75) is 51.7 Å². The van der Waals surface area contributed by atoms with Crippen molar-refractivity contribution in [3.05, 3.63) is 58.2 Å². The van der Waals surface area contributed by atoms with Crippen molar-refractivity contribution in [1.82, 2.24) is 15.6 Å². The molecule has 0 spiro atoms. The lowest BCUT2D eigenvalue weighted by molar-refractivity contribution is -0.129. The van der Waals surface area contributed by atoms with Crippen molar-refractivity contribution in [1.29, 1.82) is 5.26 Å². The lowest BCUT2D eigenvalue weighted by atomic mass is 10.0. The average molecular weight is 520 g/mol. The Morgan fingerprint density at radius 3 is 2.84 bits per heavy atom. The molecule has 1 atom stereocenters. The van der Waals surface area contributed by atoms with E-state index in [2.05, 4.69) is 46.0 Å². The number of hydrogen-bond acceptors (Lipinski definition) is 7. The molecule has 1 unspecified atom stereocenters. The fourth-order valence-electron chi connectivity index (χ4n) is 4.60. The van der Waals surface area contributed by atoms with Gasteiger partial charge in [-0.1, -0.05) is 35.9 Å². The van der Waals surface area contributed by atoms with Gasteiger partial charge in [0.25, 0.3) is 0 Å². The van der Waals surface area contributed by atoms with E-state index >= 15 is 0 Å². The van der Waals surface area contributed by atoms with E-state index in [-0.39, 0.29) is 24.7 Å². The molecule has 0 aromatic heterocycles. The van der Waals surface area contributed by atoms with Crippen LogP contribution in [-0.4, -0.2) is 61.0 Å². The van der Waals surface area contributed by atoms with Crippen LogP contribution >= 0.6 is 11.8 Å². The van der Waals surface area contributed by atoms with Gasteiger partial charge >= 0.3 is 0 Å². The lowest BCUT2D eigenvalue weighted by Crippen LogP contribution is -2.37. The molecule has 3 rings (SSSR count). The highest BCUT2D eigenvalue weighted by Crippen LogP contribution is 2.35. The first-order chi connectivity index (χ1) is 18.0. The van der Waals surface area contributed by atoms with Crippen LogP contribution in [-0.2, 0) is 16.0 Å². The van der Waals surface area contributed by atoms with Gasteiger partial charge in [0.1, 0.15) is 5.04 Å². The monoisotopic (exact) mass is 519 g/mol. The zero-order chi connectivity index (χ0) is 26.6. The molecular weight excluding hydrogens is 482 g/mol. The van der Waals surface area contributed by atoms with Gasteiger partial charge < -0.3 is 20.4 Å². The normalized spacial score (nSPS) is 18.1. The third kappa shape index (κ3) is 8.23. The Morgan fingerprint density at radius 1 is 1.38 bits per heavy atom. The number of nitriles is 1. The van der Waals surface area contributed by atoms with Gasteiger partial charge in [-0.3, -0.25) is 4.79 Å². The van der Waals surface area contributed by atoms with Gasteiger partial charge in [-0.15, -0.1) is 6.42 Å². The third-order valence-corrected chi connectivity index (χ3v) is 7.45. The molecule has 1 heterocycles. The summed E-state index contributed by atoms with van der Waals surface area (Å²) >= 11 is 1.57. The molecule has 1 amide bonds. The molecule has 0 saturated carbocycles. The molecule has 1 aliphatic heterocycles. The minimum absolute atomic E-state index is 0.0392. The van der Waals surface area contributed by atoms with Gasteiger partial charge in [-0.25, -0.2) is 0 Å². The second-order valence-corrected chi connectivity index (χ2v) is 10.4. The number of allylic oxidation sites excluding steroid dienone is 2. The van der Waals surface area contributed by atoms with E-state index < -0.39 is 0 Å². The minimum Gasteiger partial charge on any atom is -0.373 e. The number of likely N-dealkylation sites (tertiary alicyclic amines) is 1. The molecule has 1 aromatic carbocycles. The number of hydrogen-bond donors (Lipinski definition) is 2. The molecule has 0 radical (unpaired) electrons. The number of nitrogens with zero attached hydrogens (tertiary/aromatic N) is 3. The van der Waals surface area contributed by atoms with Gasteiger partial charge in [0, 0.05) is 37.5 Å². The highest BCUT2D eigenvalue weighted by Gasteiger charge is 2.27. The van der Waals surface area contributed by atoms with Crippen LogP contribution in [0.3, 0.4) is 0 Å². The number of amides is 1. The predicted octanol–water partition coefficient (Wildman–Crippen LogP) is 3.93. The summed E-state index contributed by atoms with van der Waals surface area (Å²) < 4.78 is 5.59. The number of ether oxygens (including phenoxy) is 1. The molecule has 1 saturated heterocycles. The molecule has 0 bridgehead atoms. The first kappa shape index (κ1) is 28.5. The van der Waals surface area contributed by atoms with Gasteiger partial charge in [0.05, 0.1) is 30.9 Å². The van der Waals surface area contributed by atoms with Crippen LogP contribution in [0.2, 0.25) is 0 Å². The Hall–Kier alpha value is -3.04. The topological polar surface area (TPSA) is 89.7 Å². The van der Waals surface area contributed by atoms with E-state index in [9.17, 15) is 10.1 Å². The molecular formula is C29H37N5O2S. The largest absolute Gasteiger partial charge is 0.373 e. The highest BCUT2D eigenvalue weighted by atomic mass is 32.2. The average Bonchev–Trinajstić information content (AvgIpc) is 3.58. The van der Waals surface area contributed by atoms with Crippen LogP contribution in [0.4, 0.5) is 0 Å². The quantitative estimate of drug-likeness (QED) is 0.115. The molecule has 196 valence electrons. The maximum absolute atomic E-state index is 12.5. The number of terminal acetylenes is 1. The van der Waals surface area contributed by atoms with E-state index in [1.54, 1.807) is 31.0 Å². The molecule has 1 aromatic rings. The predicted molar refractivity (Wildman–Crippen MR) is 151 cm³/mol. The van der Waals surface area contributed by atoms with Crippen molar-refractivity contribution in [3.8, 4) is 18.4 Å². The van der Waals surface area contributed by atoms with Crippen molar-refractivity contribution in [3.63, 3.8) is 0 Å². The fraction of sp³-hybridized carbons (Fsp3) is 0.483. The molecule has 2 N–H and O–H groups in total. The Bertz CT molecular complexity index is 1120. The lowest BCUT2D eigenvalue weighted by Gasteiger charge is -2.19. The van der Waals surface area contributed by atoms with Crippen molar-refractivity contribution in [2.75, 3.05) is 39.0 Å². The first-order valence-corrected chi connectivity index (χ1v) is 13.8. The summed E-state index contributed by atoms with van der Waals surface area (Å²) in [5.74, 6) is 3.33. The number of fused-ring (bicyclic) bond motifs is 1. The van der Waals surface area contributed by atoms with Crippen LogP contribution in [0.1, 0.15) is 55.8 Å². The summed E-state index contributed by atoms with van der Waals surface area (Å²) in [6, 6.07) is 8.65. The fourth-order valence-corrected chi connectivity index (χ4v) is 5.57. The van der Waals surface area contributed by atoms with Crippen LogP contribution in [0.5, 0.6) is 0 Å². The van der Waals surface area contributed by atoms with Crippen LogP contribution in [0.25, 0.3) is 0 Å². The maximum Gasteiger partial charge on any atom is 0.236 e. The summed E-state index contributed by atoms with van der Waals surface area (Å²) in [5.41, 5.74) is 7.89. The molecule has 1 aliphatic carbocycles. The SMILES string of the molecule is C#C/C=C(\C=C(\C#N)COC(C)C)CS/C(=N\NC)c1cccc2c1CCC2NCC(=O)N1CCCC1. The molecule has 7 nitrogen and oxygen atoms in total. The second-order valence-electron chi connectivity index (χ2n) is 9.39. The van der Waals surface area contributed by atoms with Crippen LogP contribution in [0, 0.1) is 23.7 Å². The van der Waals surface area contributed by atoms with Crippen molar-refractivity contribution < 1.29 is 9.53 Å². The Balaban J connectivity index is 1.72. The standard InChI is InChI=1S/C29H37N5O2S/c1-5-9-22(16-23(17-30)19-36-21(2)3)20-37-29(33-31-4)26-11-8-10-25-24(26)12-13-27(25)32-18-28(35)34-14-6-7-15-34/h1,8-11,16,21,27,31-32H,6-7,12-15,18-20H2,2-4H3/b22-9+,23-16-,33-29-. The molecule has 37 heavy (non-hydrogen) atoms. The molecule has 8 heteroatoms. The van der Waals surface area contributed by atoms with Crippen molar-refractivity contribution in [2.24, 2.45) is 5.10 Å². The van der Waals surface area contributed by atoms with E-state index in [4.69, 9.17) is 11.2 Å².